The molecule has 0 atom stereocenters. The molecule has 0 saturated heterocycles. The van der Waals surface area contributed by atoms with Gasteiger partial charge in [-0.25, -0.2) is 9.02 Å². The first-order valence-corrected chi connectivity index (χ1v) is 5.65. The second-order valence-electron chi connectivity index (χ2n) is 3.80. The van der Waals surface area contributed by atoms with E-state index < -0.39 is 18.3 Å². The molecule has 0 fully saturated rings. The Morgan fingerprint density at radius 2 is 2.10 bits per heavy atom. The molecule has 0 aliphatic carbocycles. The minimum atomic E-state index is -0.496. The average molecular weight is 294 g/mol. The summed E-state index contributed by atoms with van der Waals surface area (Å²) in [5.74, 6) is -1.12. The van der Waals surface area contributed by atoms with E-state index in [1.54, 1.807) is 0 Å². The number of hydrogen-bond acceptors (Lipinski definition) is 7. The lowest BCUT2D eigenvalue weighted by molar-refractivity contribution is -0.120. The lowest BCUT2D eigenvalue weighted by Gasteiger charge is -2.04. The van der Waals surface area contributed by atoms with E-state index in [1.807, 2.05) is 0 Å². The molecule has 1 heterocycles. The number of benzene rings is 1. The van der Waals surface area contributed by atoms with Gasteiger partial charge < -0.3 is 21.6 Å². The number of anilines is 2. The number of nitrogen functional groups attached to an aromatic ring is 1. The molecule has 0 aliphatic heterocycles. The lowest BCUT2D eigenvalue weighted by atomic mass is 10.3. The molecule has 5 N–H and O–H groups in total. The molecule has 1 aromatic heterocycles. The number of aromatic nitrogens is 2. The van der Waals surface area contributed by atoms with Crippen LogP contribution in [0.1, 0.15) is 5.69 Å². The van der Waals surface area contributed by atoms with Crippen LogP contribution in [0.25, 0.3) is 0 Å². The van der Waals surface area contributed by atoms with Crippen LogP contribution in [0.4, 0.5) is 15.9 Å². The first kappa shape index (κ1) is 14.2. The van der Waals surface area contributed by atoms with Gasteiger partial charge in [-0.3, -0.25) is 4.79 Å². The predicted molar refractivity (Wildman–Crippen MR) is 70.4 cm³/mol. The molecule has 0 bridgehead atoms. The molecule has 9 nitrogen and oxygen atoms in total. The number of oxime groups is 1. The number of rotatable bonds is 5. The highest BCUT2D eigenvalue weighted by atomic mass is 19.1. The van der Waals surface area contributed by atoms with Crippen molar-refractivity contribution in [2.45, 2.75) is 0 Å². The Morgan fingerprint density at radius 1 is 1.38 bits per heavy atom. The normalized spacial score (nSPS) is 11.2. The molecular weight excluding hydrogens is 283 g/mol. The summed E-state index contributed by atoms with van der Waals surface area (Å²) in [6, 6.07) is 5.25. The largest absolute Gasteiger partial charge is 0.384 e. The Bertz CT molecular complexity index is 654. The van der Waals surface area contributed by atoms with Crippen LogP contribution < -0.4 is 16.8 Å². The zero-order chi connectivity index (χ0) is 15.2. The van der Waals surface area contributed by atoms with Crippen LogP contribution in [0.3, 0.4) is 0 Å². The number of hydrogen-bond donors (Lipinski definition) is 3. The summed E-state index contributed by atoms with van der Waals surface area (Å²) < 4.78 is 17.0. The maximum atomic E-state index is 12.7. The molecule has 110 valence electrons. The fourth-order valence-electron chi connectivity index (χ4n) is 1.31. The summed E-state index contributed by atoms with van der Waals surface area (Å²) in [6.45, 7) is -0.400. The number of amides is 1. The van der Waals surface area contributed by atoms with Crippen molar-refractivity contribution in [1.82, 2.24) is 10.3 Å². The van der Waals surface area contributed by atoms with Gasteiger partial charge in [0.05, 0.1) is 0 Å². The summed E-state index contributed by atoms with van der Waals surface area (Å²) in [5, 5.41) is 12.6. The number of nitrogens with two attached hydrogens (primary N) is 2. The summed E-state index contributed by atoms with van der Waals surface area (Å²) >= 11 is 0. The van der Waals surface area contributed by atoms with Crippen LogP contribution >= 0.6 is 0 Å². The van der Waals surface area contributed by atoms with E-state index in [-0.39, 0.29) is 17.3 Å². The van der Waals surface area contributed by atoms with Crippen LogP contribution in [-0.4, -0.2) is 28.7 Å². The molecule has 0 radical (unpaired) electrons. The molecule has 2 rings (SSSR count). The Balaban J connectivity index is 1.84. The highest BCUT2D eigenvalue weighted by Crippen LogP contribution is 2.08. The van der Waals surface area contributed by atoms with Gasteiger partial charge in [0.2, 0.25) is 0 Å². The average Bonchev–Trinajstić information content (AvgIpc) is 2.87. The fraction of sp³-hybridized carbons (Fsp3) is 0.0909. The lowest BCUT2D eigenvalue weighted by Crippen LogP contribution is -2.20. The third-order valence-corrected chi connectivity index (χ3v) is 2.24. The first-order valence-electron chi connectivity index (χ1n) is 5.65. The van der Waals surface area contributed by atoms with Crippen LogP contribution in [0.15, 0.2) is 34.1 Å². The fourth-order valence-corrected chi connectivity index (χ4v) is 1.31. The predicted octanol–water partition coefficient (Wildman–Crippen LogP) is 0.0665. The molecule has 1 amide bonds. The number of halogens is 1. The van der Waals surface area contributed by atoms with E-state index in [1.165, 1.54) is 24.3 Å². The molecule has 1 aromatic carbocycles. The first-order chi connectivity index (χ1) is 10.1. The zero-order valence-electron chi connectivity index (χ0n) is 10.6. The van der Waals surface area contributed by atoms with Gasteiger partial charge >= 0.3 is 0 Å². The molecule has 0 saturated carbocycles. The van der Waals surface area contributed by atoms with E-state index in [9.17, 15) is 9.18 Å². The number of amidine groups is 1. The summed E-state index contributed by atoms with van der Waals surface area (Å²) in [4.78, 5) is 16.3. The van der Waals surface area contributed by atoms with Gasteiger partial charge in [0, 0.05) is 5.69 Å². The van der Waals surface area contributed by atoms with Gasteiger partial charge in [-0.2, -0.15) is 0 Å². The SMILES string of the molecule is N/C(=N\OCC(=O)Nc1ccc(F)cc1)c1nonc1N. The van der Waals surface area contributed by atoms with Crippen LogP contribution in [0, 0.1) is 5.82 Å². The quantitative estimate of drug-likeness (QED) is 0.402. The summed E-state index contributed by atoms with van der Waals surface area (Å²) in [5.41, 5.74) is 11.3. The molecule has 10 heteroatoms. The maximum absolute atomic E-state index is 12.7. The molecule has 21 heavy (non-hydrogen) atoms. The molecule has 0 aliphatic rings. The third-order valence-electron chi connectivity index (χ3n) is 2.24. The van der Waals surface area contributed by atoms with Gasteiger partial charge in [-0.15, -0.1) is 0 Å². The van der Waals surface area contributed by atoms with Crippen LogP contribution in [0.2, 0.25) is 0 Å². The van der Waals surface area contributed by atoms with Crippen molar-refractivity contribution in [3.05, 3.63) is 35.8 Å². The second-order valence-corrected chi connectivity index (χ2v) is 3.80. The highest BCUT2D eigenvalue weighted by Gasteiger charge is 2.11. The van der Waals surface area contributed by atoms with Crippen molar-refractivity contribution in [2.75, 3.05) is 17.7 Å². The Kier molecular flexibility index (Phi) is 4.29. The number of nitrogens with one attached hydrogen (secondary N) is 1. The van der Waals surface area contributed by atoms with Gasteiger partial charge in [-0.1, -0.05) is 5.16 Å². The Labute approximate surface area is 117 Å². The zero-order valence-corrected chi connectivity index (χ0v) is 10.6. The van der Waals surface area contributed by atoms with Crippen molar-refractivity contribution in [3.8, 4) is 0 Å². The molecule has 2 aromatic rings. The van der Waals surface area contributed by atoms with E-state index in [2.05, 4.69) is 25.4 Å². The van der Waals surface area contributed by atoms with E-state index in [0.29, 0.717) is 5.69 Å². The Morgan fingerprint density at radius 3 is 2.71 bits per heavy atom. The van der Waals surface area contributed by atoms with Gasteiger partial charge in [0.1, 0.15) is 5.82 Å². The van der Waals surface area contributed by atoms with Gasteiger partial charge in [-0.05, 0) is 34.6 Å². The minimum Gasteiger partial charge on any atom is -0.384 e. The summed E-state index contributed by atoms with van der Waals surface area (Å²) in [7, 11) is 0. The maximum Gasteiger partial charge on any atom is 0.265 e. The van der Waals surface area contributed by atoms with Crippen molar-refractivity contribution in [3.63, 3.8) is 0 Å². The molecular formula is C11H11FN6O3. The second kappa shape index (κ2) is 6.32. The van der Waals surface area contributed by atoms with Crippen molar-refractivity contribution in [1.29, 1.82) is 0 Å². The van der Waals surface area contributed by atoms with E-state index in [4.69, 9.17) is 16.3 Å². The van der Waals surface area contributed by atoms with Gasteiger partial charge in [0.15, 0.2) is 24.0 Å². The smallest absolute Gasteiger partial charge is 0.265 e. The van der Waals surface area contributed by atoms with Crippen LogP contribution in [-0.2, 0) is 9.63 Å². The molecule has 0 spiro atoms. The third kappa shape index (κ3) is 3.89. The van der Waals surface area contributed by atoms with E-state index >= 15 is 0 Å². The van der Waals surface area contributed by atoms with Crippen LogP contribution in [0.5, 0.6) is 0 Å². The standard InChI is InChI=1S/C11H11FN6O3/c12-6-1-3-7(4-2-6)15-8(19)5-20-17-10(13)9-11(14)18-21-16-9/h1-4H,5H2,(H2,13,17)(H2,14,18)(H,15,19). The highest BCUT2D eigenvalue weighted by molar-refractivity contribution is 5.98. The summed E-state index contributed by atoms with van der Waals surface area (Å²) in [6.07, 6.45) is 0. The van der Waals surface area contributed by atoms with E-state index in [0.717, 1.165) is 0 Å². The Hall–Kier alpha value is -3.17. The molecule has 0 unspecified atom stereocenters. The number of nitrogens with zero attached hydrogens (tertiary/aromatic N) is 3. The van der Waals surface area contributed by atoms with Crippen molar-refractivity contribution >= 4 is 23.2 Å². The minimum absolute atomic E-state index is 0.0222. The number of carbonyl (C=O) groups is 1. The monoisotopic (exact) mass is 294 g/mol. The topological polar surface area (TPSA) is 142 Å². The van der Waals surface area contributed by atoms with Gasteiger partial charge in [0.25, 0.3) is 5.91 Å². The van der Waals surface area contributed by atoms with Crippen molar-refractivity contribution in [2.24, 2.45) is 10.9 Å². The van der Waals surface area contributed by atoms with Crippen molar-refractivity contribution < 1.29 is 18.7 Å². The number of carbonyl (C=O) groups excluding carboxylic acids is 1.